The van der Waals surface area contributed by atoms with E-state index in [0.29, 0.717) is 0 Å². The van der Waals surface area contributed by atoms with Gasteiger partial charge in [0.25, 0.3) is 0 Å². The number of furan rings is 3. The van der Waals surface area contributed by atoms with E-state index in [1.165, 1.54) is 159 Å². The Morgan fingerprint density at radius 1 is 0.142 bits per heavy atom. The van der Waals surface area contributed by atoms with E-state index in [1.807, 2.05) is 70.4 Å². The predicted molar refractivity (Wildman–Crippen MR) is 605 cm³/mol. The fourth-order valence-electron chi connectivity index (χ4n) is 21.6. The molecule has 0 bridgehead atoms. The van der Waals surface area contributed by atoms with Crippen LogP contribution < -0.4 is 14.7 Å². The molecule has 6 heterocycles. The van der Waals surface area contributed by atoms with Gasteiger partial charge in [-0.05, 0) is 252 Å². The Morgan fingerprint density at radius 2 is 0.440 bits per heavy atom. The van der Waals surface area contributed by atoms with Crippen LogP contribution in [0.5, 0.6) is 0 Å². The molecular formula is C132H81N3O3S3. The fraction of sp³-hybridized carbons (Fsp3) is 0. The molecule has 30 rings (SSSR count). The van der Waals surface area contributed by atoms with Gasteiger partial charge in [0.05, 0.1) is 28.4 Å². The standard InChI is InChI=1S/C44H27NO2.C44H27NOS.C44H27NS2/c1-2-12-32-28(10-1)11-9-17-39(32)45(30-21-25-44-38(27-30)36-16-6-8-19-42(36)47-44)40-23-22-31(33-13-3-4-14-34(33)40)29-20-24-43-37(26-29)35-15-5-7-18-41(35)46-43;1-2-11-34-28(9-1)10-7-15-39(34)45(40-16-8-14-37-35-12-3-5-17-41(35)46-44(37)40)33-23-21-30-25-29(19-20-31(30)26-33)32-22-24-43-38(27-32)36-13-4-6-18-42(36)47-43;1-2-10-35-28(8-1)9-7-13-40(35)45(34-21-23-44-39(27-34)37-12-4-6-15-42(37)47-44)33-20-18-30-24-29(16-17-31(30)25-33)32-19-22-43-38(26-32)36-11-3-5-14-41(36)46-43/h3*1-27H. The second kappa shape index (κ2) is 33.6. The third-order valence-electron chi connectivity index (χ3n) is 28.3. The summed E-state index contributed by atoms with van der Waals surface area (Å²) in [6.45, 7) is 0. The highest BCUT2D eigenvalue weighted by Gasteiger charge is 2.27. The normalized spacial score (nSPS) is 11.8. The molecule has 0 radical (unpaired) electrons. The van der Waals surface area contributed by atoms with Crippen molar-refractivity contribution in [3.8, 4) is 33.4 Å². The van der Waals surface area contributed by atoms with Crippen molar-refractivity contribution in [2.75, 3.05) is 14.7 Å². The van der Waals surface area contributed by atoms with Gasteiger partial charge in [-0.15, -0.1) is 34.0 Å². The van der Waals surface area contributed by atoms with Gasteiger partial charge in [-0.3, -0.25) is 0 Å². The van der Waals surface area contributed by atoms with E-state index in [0.717, 1.165) is 117 Å². The van der Waals surface area contributed by atoms with Crippen molar-refractivity contribution in [3.63, 3.8) is 0 Å². The second-order valence-electron chi connectivity index (χ2n) is 36.4. The van der Waals surface area contributed by atoms with E-state index in [9.17, 15) is 0 Å². The van der Waals surface area contributed by atoms with E-state index >= 15 is 0 Å². The van der Waals surface area contributed by atoms with Crippen LogP contribution in [0.2, 0.25) is 0 Å². The molecule has 0 saturated carbocycles. The van der Waals surface area contributed by atoms with Gasteiger partial charge in [0.1, 0.15) is 27.9 Å². The van der Waals surface area contributed by atoms with E-state index < -0.39 is 0 Å². The molecule has 0 unspecified atom stereocenters. The van der Waals surface area contributed by atoms with Crippen molar-refractivity contribution < 1.29 is 13.3 Å². The predicted octanol–water partition coefficient (Wildman–Crippen LogP) is 40.2. The first-order valence-electron chi connectivity index (χ1n) is 47.8. The highest BCUT2D eigenvalue weighted by Crippen LogP contribution is 2.52. The third kappa shape index (κ3) is 14.1. The van der Waals surface area contributed by atoms with Crippen LogP contribution >= 0.6 is 34.0 Å². The van der Waals surface area contributed by atoms with Gasteiger partial charge in [0.2, 0.25) is 0 Å². The van der Waals surface area contributed by atoms with Gasteiger partial charge in [-0.25, -0.2) is 0 Å². The molecule has 0 amide bonds. The summed E-state index contributed by atoms with van der Waals surface area (Å²) >= 11 is 5.59. The van der Waals surface area contributed by atoms with Crippen LogP contribution in [0.4, 0.5) is 51.2 Å². The van der Waals surface area contributed by atoms with Gasteiger partial charge < -0.3 is 28.0 Å². The van der Waals surface area contributed by atoms with Crippen LogP contribution in [0.1, 0.15) is 0 Å². The maximum Gasteiger partial charge on any atom is 0.159 e. The Labute approximate surface area is 822 Å². The zero-order valence-corrected chi connectivity index (χ0v) is 78.5. The Balaban J connectivity index is 0.000000104. The number of benzene rings is 24. The largest absolute Gasteiger partial charge is 0.456 e. The number of hydrogen-bond donors (Lipinski definition) is 0. The number of rotatable bonds is 12. The zero-order chi connectivity index (χ0) is 92.7. The summed E-state index contributed by atoms with van der Waals surface area (Å²) in [5.41, 5.74) is 22.7. The molecule has 660 valence electrons. The number of thiophene rings is 3. The number of nitrogens with zero attached hydrogens (tertiary/aromatic N) is 3. The van der Waals surface area contributed by atoms with E-state index in [4.69, 9.17) is 13.3 Å². The number of hydrogen-bond acceptors (Lipinski definition) is 9. The van der Waals surface area contributed by atoms with Crippen molar-refractivity contribution in [1.29, 1.82) is 0 Å². The topological polar surface area (TPSA) is 49.1 Å². The van der Waals surface area contributed by atoms with Gasteiger partial charge in [0, 0.05) is 137 Å². The lowest BCUT2D eigenvalue weighted by Gasteiger charge is -2.28. The molecule has 6 nitrogen and oxygen atoms in total. The highest BCUT2D eigenvalue weighted by molar-refractivity contribution is 7.26. The summed E-state index contributed by atoms with van der Waals surface area (Å²) in [5, 5.41) is 29.1. The summed E-state index contributed by atoms with van der Waals surface area (Å²) in [5.74, 6) is 0. The van der Waals surface area contributed by atoms with Crippen molar-refractivity contribution in [2.24, 2.45) is 0 Å². The average Bonchev–Trinajstić information content (AvgIpc) is 1.58. The molecule has 0 aliphatic heterocycles. The zero-order valence-electron chi connectivity index (χ0n) is 76.1. The van der Waals surface area contributed by atoms with Crippen LogP contribution in [0.25, 0.3) is 224 Å². The smallest absolute Gasteiger partial charge is 0.159 e. The second-order valence-corrected chi connectivity index (χ2v) is 39.7. The lowest BCUT2D eigenvalue weighted by atomic mass is 9.95. The van der Waals surface area contributed by atoms with E-state index in [1.54, 1.807) is 0 Å². The van der Waals surface area contributed by atoms with Crippen LogP contribution in [0.3, 0.4) is 0 Å². The molecule has 0 fully saturated rings. The molecule has 0 N–H and O–H groups in total. The molecule has 0 aliphatic rings. The summed E-state index contributed by atoms with van der Waals surface area (Å²) in [6.07, 6.45) is 0. The molecule has 24 aromatic carbocycles. The number of fused-ring (bicyclic) bond motifs is 24. The Hall–Kier alpha value is -17.7. The van der Waals surface area contributed by atoms with E-state index in [2.05, 4.69) is 470 Å². The SMILES string of the molecule is c1ccc2c(N(c3ccc4cc(-c5ccc6sc7ccccc7c6c5)ccc4c3)c3ccc4sc5ccccc5c4c3)cccc2c1.c1ccc2c(N(c3ccc4cc(-c5ccc6sc7ccccc7c6c5)ccc4c3)c3cccc4c3oc3ccccc34)cccc2c1.c1ccc2c(N(c3ccc4oc5ccccc5c4c3)c3ccc(-c4ccc5oc6ccccc6c5c4)c4ccccc34)cccc2c1. The molecule has 0 saturated heterocycles. The summed E-state index contributed by atoms with van der Waals surface area (Å²) in [6, 6.07) is 177. The van der Waals surface area contributed by atoms with Crippen molar-refractivity contribution in [2.45, 2.75) is 0 Å². The van der Waals surface area contributed by atoms with Crippen molar-refractivity contribution in [1.82, 2.24) is 0 Å². The summed E-state index contributed by atoms with van der Waals surface area (Å²) < 4.78 is 26.9. The molecule has 30 aromatic rings. The maximum absolute atomic E-state index is 6.58. The van der Waals surface area contributed by atoms with Gasteiger partial charge in [-0.1, -0.05) is 315 Å². The van der Waals surface area contributed by atoms with Crippen LogP contribution in [0, 0.1) is 0 Å². The monoisotopic (exact) mass is 1850 g/mol. The van der Waals surface area contributed by atoms with Gasteiger partial charge >= 0.3 is 0 Å². The molecule has 0 atom stereocenters. The first-order valence-corrected chi connectivity index (χ1v) is 50.2. The fourth-order valence-corrected chi connectivity index (χ4v) is 24.9. The van der Waals surface area contributed by atoms with Gasteiger partial charge in [0.15, 0.2) is 5.58 Å². The summed E-state index contributed by atoms with van der Waals surface area (Å²) in [4.78, 5) is 7.19. The van der Waals surface area contributed by atoms with Crippen molar-refractivity contribution >= 4 is 276 Å². The minimum atomic E-state index is 0.883. The molecule has 6 aromatic heterocycles. The molecule has 0 spiro atoms. The quantitative estimate of drug-likeness (QED) is 0.121. The maximum atomic E-state index is 6.58. The van der Waals surface area contributed by atoms with Crippen LogP contribution in [0.15, 0.2) is 505 Å². The lowest BCUT2D eigenvalue weighted by Crippen LogP contribution is -2.11. The average molecular weight is 1850 g/mol. The Morgan fingerprint density at radius 3 is 0.979 bits per heavy atom. The summed E-state index contributed by atoms with van der Waals surface area (Å²) in [7, 11) is 0. The first-order chi connectivity index (χ1) is 69.8. The minimum Gasteiger partial charge on any atom is -0.456 e. The highest BCUT2D eigenvalue weighted by atomic mass is 32.1. The molecule has 9 heteroatoms. The molecule has 141 heavy (non-hydrogen) atoms. The van der Waals surface area contributed by atoms with Crippen molar-refractivity contribution in [3.05, 3.63) is 491 Å². The molecular weight excluding hydrogens is 1770 g/mol. The van der Waals surface area contributed by atoms with E-state index in [-0.39, 0.29) is 0 Å². The minimum absolute atomic E-state index is 0.883. The third-order valence-corrected chi connectivity index (χ3v) is 31.8. The number of anilines is 9. The molecule has 0 aliphatic carbocycles. The van der Waals surface area contributed by atoms with Gasteiger partial charge in [-0.2, -0.15) is 0 Å². The van der Waals surface area contributed by atoms with Crippen LogP contribution in [-0.2, 0) is 0 Å². The Bertz CT molecular complexity index is 10300. The number of para-hydroxylation sites is 4. The Kier molecular flexibility index (Phi) is 19.5. The van der Waals surface area contributed by atoms with Crippen LogP contribution in [-0.4, -0.2) is 0 Å². The lowest BCUT2D eigenvalue weighted by molar-refractivity contribution is 0.668. The first kappa shape index (κ1) is 81.6.